The Bertz CT molecular complexity index is 395. The zero-order chi connectivity index (χ0) is 26.7. The molecule has 0 N–H and O–H groups in total. The summed E-state index contributed by atoms with van der Waals surface area (Å²) in [5, 5.41) is 0. The van der Waals surface area contributed by atoms with Crippen LogP contribution in [0.25, 0.3) is 0 Å². The van der Waals surface area contributed by atoms with E-state index in [0.29, 0.717) is 0 Å². The van der Waals surface area contributed by atoms with Gasteiger partial charge in [0, 0.05) is 0 Å². The van der Waals surface area contributed by atoms with Gasteiger partial charge in [0.25, 0.3) is 0 Å². The number of hydrogen-bond acceptors (Lipinski definition) is 0. The van der Waals surface area contributed by atoms with E-state index in [4.69, 9.17) is 0 Å². The van der Waals surface area contributed by atoms with Crippen LogP contribution in [0.1, 0.15) is 226 Å². The Labute approximate surface area is 237 Å². The average molecular weight is 519 g/mol. The lowest BCUT2D eigenvalue weighted by Gasteiger charge is -2.04. The van der Waals surface area contributed by atoms with Gasteiger partial charge in [-0.2, -0.15) is 0 Å². The van der Waals surface area contributed by atoms with Crippen LogP contribution in [0, 0.1) is 0 Å². The maximum atomic E-state index is 2.45. The highest BCUT2D eigenvalue weighted by Crippen LogP contribution is 2.16. The van der Waals surface area contributed by atoms with Crippen molar-refractivity contribution in [2.45, 2.75) is 226 Å². The van der Waals surface area contributed by atoms with Gasteiger partial charge in [0.15, 0.2) is 0 Å². The Balaban J connectivity index is 3.05. The van der Waals surface area contributed by atoms with Crippen LogP contribution in [0.4, 0.5) is 0 Å². The third kappa shape index (κ3) is 35.7. The van der Waals surface area contributed by atoms with Crippen LogP contribution in [0.5, 0.6) is 0 Å². The molecule has 0 aromatic carbocycles. The first-order valence-electron chi connectivity index (χ1n) is 18.1. The second-order valence-electron chi connectivity index (χ2n) is 12.3. The summed E-state index contributed by atoms with van der Waals surface area (Å²) in [5.41, 5.74) is 0. The highest BCUT2D eigenvalue weighted by atomic mass is 14.0. The SMILES string of the molecule is CCCCCCCC/C=C\CCCCCCCCCCCCCCCCCCCCCCCCCCC. The van der Waals surface area contributed by atoms with E-state index >= 15 is 0 Å². The van der Waals surface area contributed by atoms with Gasteiger partial charge in [-0.3, -0.25) is 0 Å². The molecule has 0 spiro atoms. The summed E-state index contributed by atoms with van der Waals surface area (Å²) in [7, 11) is 0. The third-order valence-electron chi connectivity index (χ3n) is 8.37. The summed E-state index contributed by atoms with van der Waals surface area (Å²) < 4.78 is 0. The maximum Gasteiger partial charge on any atom is -0.0351 e. The van der Waals surface area contributed by atoms with Gasteiger partial charge in [-0.15, -0.1) is 0 Å². The molecule has 0 amide bonds. The molecule has 0 saturated heterocycles. The highest BCUT2D eigenvalue weighted by Gasteiger charge is 1.96. The molecule has 0 nitrogen and oxygen atoms in total. The number of hydrogen-bond donors (Lipinski definition) is 0. The van der Waals surface area contributed by atoms with Crippen molar-refractivity contribution in [2.24, 2.45) is 0 Å². The second kappa shape index (κ2) is 35.7. The lowest BCUT2D eigenvalue weighted by atomic mass is 10.0. The molecule has 0 rings (SSSR count). The lowest BCUT2D eigenvalue weighted by Crippen LogP contribution is -1.84. The van der Waals surface area contributed by atoms with Gasteiger partial charge in [0.05, 0.1) is 0 Å². The van der Waals surface area contributed by atoms with E-state index in [1.54, 1.807) is 0 Å². The first-order chi connectivity index (χ1) is 18.4. The van der Waals surface area contributed by atoms with E-state index in [1.807, 2.05) is 0 Å². The van der Waals surface area contributed by atoms with Gasteiger partial charge in [-0.25, -0.2) is 0 Å². The molecule has 0 aromatic rings. The molecule has 37 heavy (non-hydrogen) atoms. The molecular weight excluding hydrogens is 444 g/mol. The van der Waals surface area contributed by atoms with Crippen LogP contribution in [0.3, 0.4) is 0 Å². The topological polar surface area (TPSA) is 0 Å². The Hall–Kier alpha value is -0.260. The molecule has 0 saturated carbocycles. The van der Waals surface area contributed by atoms with Gasteiger partial charge >= 0.3 is 0 Å². The highest BCUT2D eigenvalue weighted by molar-refractivity contribution is 4.81. The van der Waals surface area contributed by atoms with Crippen molar-refractivity contribution >= 4 is 0 Å². The fraction of sp³-hybridized carbons (Fsp3) is 0.946. The van der Waals surface area contributed by atoms with E-state index in [-0.39, 0.29) is 0 Å². The molecule has 0 aliphatic carbocycles. The molecule has 0 radical (unpaired) electrons. The van der Waals surface area contributed by atoms with Gasteiger partial charge in [-0.05, 0) is 25.7 Å². The van der Waals surface area contributed by atoms with Crippen molar-refractivity contribution in [3.63, 3.8) is 0 Å². The number of rotatable bonds is 33. The minimum Gasteiger partial charge on any atom is -0.0885 e. The minimum atomic E-state index is 1.31. The normalized spacial score (nSPS) is 11.7. The Morgan fingerprint density at radius 2 is 0.378 bits per heavy atom. The molecule has 0 aliphatic rings. The van der Waals surface area contributed by atoms with E-state index < -0.39 is 0 Å². The Morgan fingerprint density at radius 1 is 0.216 bits per heavy atom. The second-order valence-corrected chi connectivity index (χ2v) is 12.3. The zero-order valence-corrected chi connectivity index (χ0v) is 26.5. The van der Waals surface area contributed by atoms with Gasteiger partial charge in [0.2, 0.25) is 0 Å². The minimum absolute atomic E-state index is 1.31. The quantitative estimate of drug-likeness (QED) is 0.0598. The van der Waals surface area contributed by atoms with E-state index in [0.717, 1.165) is 0 Å². The summed E-state index contributed by atoms with van der Waals surface area (Å²) in [6, 6.07) is 0. The number of allylic oxidation sites excluding steroid dienone is 2. The van der Waals surface area contributed by atoms with Crippen LogP contribution in [-0.2, 0) is 0 Å². The summed E-state index contributed by atoms with van der Waals surface area (Å²) in [6.45, 7) is 4.61. The molecule has 0 fully saturated rings. The number of unbranched alkanes of at least 4 members (excludes halogenated alkanes) is 31. The molecule has 0 aliphatic heterocycles. The molecular formula is C37H74. The predicted octanol–water partition coefficient (Wildman–Crippen LogP) is 14.5. The summed E-state index contributed by atoms with van der Waals surface area (Å²) in [6.07, 6.45) is 52.9. The first kappa shape index (κ1) is 36.7. The van der Waals surface area contributed by atoms with Crippen LogP contribution < -0.4 is 0 Å². The zero-order valence-electron chi connectivity index (χ0n) is 26.5. The van der Waals surface area contributed by atoms with Crippen molar-refractivity contribution in [3.8, 4) is 0 Å². The fourth-order valence-electron chi connectivity index (χ4n) is 5.68. The van der Waals surface area contributed by atoms with Crippen molar-refractivity contribution in [1.82, 2.24) is 0 Å². The third-order valence-corrected chi connectivity index (χ3v) is 8.37. The fourth-order valence-corrected chi connectivity index (χ4v) is 5.68. The van der Waals surface area contributed by atoms with Gasteiger partial charge < -0.3 is 0 Å². The van der Waals surface area contributed by atoms with Crippen LogP contribution in [0.2, 0.25) is 0 Å². The molecule has 0 aromatic heterocycles. The van der Waals surface area contributed by atoms with Crippen molar-refractivity contribution < 1.29 is 0 Å². The van der Waals surface area contributed by atoms with Crippen LogP contribution >= 0.6 is 0 Å². The largest absolute Gasteiger partial charge is 0.0885 e. The lowest BCUT2D eigenvalue weighted by molar-refractivity contribution is 0.516. The summed E-state index contributed by atoms with van der Waals surface area (Å²) in [4.78, 5) is 0. The predicted molar refractivity (Wildman–Crippen MR) is 173 cm³/mol. The van der Waals surface area contributed by atoms with Crippen molar-refractivity contribution in [3.05, 3.63) is 12.2 Å². The Morgan fingerprint density at radius 3 is 0.568 bits per heavy atom. The van der Waals surface area contributed by atoms with Gasteiger partial charge in [-0.1, -0.05) is 212 Å². The standard InChI is InChI=1S/C37H74/c1-3-5-7-9-11-13-15-17-19-21-23-25-27-29-31-33-35-37-36-34-32-30-28-26-24-22-20-18-16-14-12-10-8-6-4-2/h17,19H,3-16,18,20-37H2,1-2H3/b19-17-. The van der Waals surface area contributed by atoms with Crippen molar-refractivity contribution in [2.75, 3.05) is 0 Å². The molecule has 0 heteroatoms. The Kier molecular flexibility index (Phi) is 35.5. The van der Waals surface area contributed by atoms with Crippen LogP contribution in [0.15, 0.2) is 12.2 Å². The molecule has 0 atom stereocenters. The van der Waals surface area contributed by atoms with E-state index in [9.17, 15) is 0 Å². The van der Waals surface area contributed by atoms with Crippen molar-refractivity contribution in [1.29, 1.82) is 0 Å². The molecule has 222 valence electrons. The first-order valence-corrected chi connectivity index (χ1v) is 18.1. The van der Waals surface area contributed by atoms with Crippen LogP contribution in [-0.4, -0.2) is 0 Å². The maximum absolute atomic E-state index is 2.45. The smallest absolute Gasteiger partial charge is 0.0351 e. The summed E-state index contributed by atoms with van der Waals surface area (Å²) >= 11 is 0. The van der Waals surface area contributed by atoms with Gasteiger partial charge in [0.1, 0.15) is 0 Å². The van der Waals surface area contributed by atoms with E-state index in [2.05, 4.69) is 26.0 Å². The van der Waals surface area contributed by atoms with E-state index in [1.165, 1.54) is 212 Å². The average Bonchev–Trinajstić information content (AvgIpc) is 2.91. The monoisotopic (exact) mass is 519 g/mol. The summed E-state index contributed by atoms with van der Waals surface area (Å²) in [5.74, 6) is 0. The molecule has 0 unspecified atom stereocenters. The molecule has 0 bridgehead atoms. The molecule has 0 heterocycles.